The Labute approximate surface area is 109 Å². The number of benzene rings is 1. The van der Waals surface area contributed by atoms with Gasteiger partial charge in [-0.05, 0) is 6.07 Å². The molecule has 0 aliphatic heterocycles. The molecule has 0 radical (unpaired) electrons. The largest absolute Gasteiger partial charge is 0.294 e. The van der Waals surface area contributed by atoms with Gasteiger partial charge in [0, 0.05) is 22.2 Å². The quantitative estimate of drug-likeness (QED) is 0.629. The average Bonchev–Trinajstić information content (AvgIpc) is 2.32. The van der Waals surface area contributed by atoms with E-state index in [1.54, 1.807) is 0 Å². The van der Waals surface area contributed by atoms with Crippen LogP contribution >= 0.6 is 15.9 Å². The van der Waals surface area contributed by atoms with E-state index < -0.39 is 0 Å². The van der Waals surface area contributed by atoms with E-state index >= 15 is 0 Å². The van der Waals surface area contributed by atoms with Crippen molar-refractivity contribution in [2.24, 2.45) is 7.05 Å². The van der Waals surface area contributed by atoms with Gasteiger partial charge in [0.05, 0.1) is 6.42 Å². The molecule has 0 bridgehead atoms. The third-order valence-electron chi connectivity index (χ3n) is 2.68. The van der Waals surface area contributed by atoms with Gasteiger partial charge in [-0.1, -0.05) is 40.2 Å². The number of carbonyl (C=O) groups excluding carboxylic acids is 1. The van der Waals surface area contributed by atoms with Crippen LogP contribution in [0.15, 0.2) is 53.1 Å². The zero-order valence-electron chi connectivity index (χ0n) is 9.56. The standard InChI is InChI=1S/C14H13BrNO/c1-16-9-5-4-6-11(16)10-14(17)12-7-2-3-8-13(12)15/h2-9H,10H2,1H3/q+1. The number of halogens is 1. The first-order valence-electron chi connectivity index (χ1n) is 5.40. The van der Waals surface area contributed by atoms with E-state index in [0.717, 1.165) is 15.7 Å². The summed E-state index contributed by atoms with van der Waals surface area (Å²) in [7, 11) is 1.95. The number of hydrogen-bond acceptors (Lipinski definition) is 1. The van der Waals surface area contributed by atoms with Crippen LogP contribution in [0.25, 0.3) is 0 Å². The van der Waals surface area contributed by atoms with E-state index in [1.165, 1.54) is 0 Å². The van der Waals surface area contributed by atoms with Gasteiger partial charge in [-0.15, -0.1) is 0 Å². The molecule has 0 amide bonds. The van der Waals surface area contributed by atoms with Gasteiger partial charge in [0.15, 0.2) is 17.7 Å². The molecule has 2 nitrogen and oxygen atoms in total. The zero-order chi connectivity index (χ0) is 12.3. The molecule has 0 saturated heterocycles. The molecule has 2 aromatic rings. The molecule has 1 aromatic heterocycles. The van der Waals surface area contributed by atoms with Gasteiger partial charge in [-0.3, -0.25) is 4.79 Å². The highest BCUT2D eigenvalue weighted by Crippen LogP contribution is 2.17. The third-order valence-corrected chi connectivity index (χ3v) is 3.37. The minimum absolute atomic E-state index is 0.124. The lowest BCUT2D eigenvalue weighted by Crippen LogP contribution is -2.34. The summed E-state index contributed by atoms with van der Waals surface area (Å²) in [6.45, 7) is 0. The number of carbonyl (C=O) groups is 1. The van der Waals surface area contributed by atoms with Crippen molar-refractivity contribution in [3.05, 3.63) is 64.4 Å². The highest BCUT2D eigenvalue weighted by atomic mass is 79.9. The van der Waals surface area contributed by atoms with Crippen LogP contribution in [0, 0.1) is 0 Å². The fourth-order valence-corrected chi connectivity index (χ4v) is 2.20. The maximum Gasteiger partial charge on any atom is 0.188 e. The van der Waals surface area contributed by atoms with Crippen LogP contribution in [0.5, 0.6) is 0 Å². The minimum atomic E-state index is 0.124. The van der Waals surface area contributed by atoms with Crippen molar-refractivity contribution >= 4 is 21.7 Å². The number of aryl methyl sites for hydroxylation is 1. The topological polar surface area (TPSA) is 20.9 Å². The number of pyridine rings is 1. The predicted octanol–water partition coefficient (Wildman–Crippen LogP) is 2.70. The number of nitrogens with zero attached hydrogens (tertiary/aromatic N) is 1. The Kier molecular flexibility index (Phi) is 3.69. The van der Waals surface area contributed by atoms with Crippen LogP contribution in [-0.2, 0) is 13.5 Å². The monoisotopic (exact) mass is 290 g/mol. The summed E-state index contributed by atoms with van der Waals surface area (Å²) in [5.41, 5.74) is 1.74. The van der Waals surface area contributed by atoms with E-state index in [-0.39, 0.29) is 5.78 Å². The molecule has 0 saturated carbocycles. The molecule has 0 aliphatic rings. The lowest BCUT2D eigenvalue weighted by molar-refractivity contribution is -0.678. The zero-order valence-corrected chi connectivity index (χ0v) is 11.1. The summed E-state index contributed by atoms with van der Waals surface area (Å²) >= 11 is 3.40. The number of hydrogen-bond donors (Lipinski definition) is 0. The smallest absolute Gasteiger partial charge is 0.188 e. The van der Waals surface area contributed by atoms with E-state index in [4.69, 9.17) is 0 Å². The van der Waals surface area contributed by atoms with Crippen LogP contribution in [-0.4, -0.2) is 5.78 Å². The molecule has 0 spiro atoms. The Hall–Kier alpha value is -1.48. The van der Waals surface area contributed by atoms with Gasteiger partial charge < -0.3 is 0 Å². The van der Waals surface area contributed by atoms with Crippen LogP contribution in [0.3, 0.4) is 0 Å². The number of ketones is 1. The lowest BCUT2D eigenvalue weighted by atomic mass is 10.1. The molecule has 0 unspecified atom stereocenters. The molecule has 3 heteroatoms. The van der Waals surface area contributed by atoms with Crippen molar-refractivity contribution in [1.82, 2.24) is 0 Å². The second-order valence-corrected chi connectivity index (χ2v) is 4.74. The molecular formula is C14H13BrNO+. The first kappa shape index (κ1) is 12.0. The summed E-state index contributed by atoms with van der Waals surface area (Å²) in [5.74, 6) is 0.124. The fraction of sp³-hybridized carbons (Fsp3) is 0.143. The SMILES string of the molecule is C[n+]1ccccc1CC(=O)c1ccccc1Br. The summed E-state index contributed by atoms with van der Waals surface area (Å²) in [4.78, 5) is 12.1. The second kappa shape index (κ2) is 5.23. The van der Waals surface area contributed by atoms with Crippen LogP contribution in [0.2, 0.25) is 0 Å². The fourth-order valence-electron chi connectivity index (χ4n) is 1.69. The van der Waals surface area contributed by atoms with E-state index in [1.807, 2.05) is 60.3 Å². The summed E-state index contributed by atoms with van der Waals surface area (Å²) in [6, 6.07) is 13.4. The van der Waals surface area contributed by atoms with E-state index in [2.05, 4.69) is 15.9 Å². The Balaban J connectivity index is 2.24. The van der Waals surface area contributed by atoms with Gasteiger partial charge in [0.2, 0.25) is 0 Å². The Morgan fingerprint density at radius 2 is 1.88 bits per heavy atom. The van der Waals surface area contributed by atoms with Crippen molar-refractivity contribution in [1.29, 1.82) is 0 Å². The van der Waals surface area contributed by atoms with Gasteiger partial charge in [-0.2, -0.15) is 0 Å². The predicted molar refractivity (Wildman–Crippen MR) is 69.8 cm³/mol. The highest BCUT2D eigenvalue weighted by Gasteiger charge is 2.14. The first-order valence-corrected chi connectivity index (χ1v) is 6.19. The summed E-state index contributed by atoms with van der Waals surface area (Å²) < 4.78 is 2.82. The van der Waals surface area contributed by atoms with Gasteiger partial charge in [0.25, 0.3) is 0 Å². The Morgan fingerprint density at radius 1 is 1.18 bits per heavy atom. The van der Waals surface area contributed by atoms with Crippen molar-refractivity contribution in [3.8, 4) is 0 Å². The normalized spacial score (nSPS) is 10.2. The minimum Gasteiger partial charge on any atom is -0.294 e. The van der Waals surface area contributed by atoms with Crippen molar-refractivity contribution in [2.75, 3.05) is 0 Å². The maximum absolute atomic E-state index is 12.1. The first-order chi connectivity index (χ1) is 8.18. The summed E-state index contributed by atoms with van der Waals surface area (Å²) in [6.07, 6.45) is 2.36. The van der Waals surface area contributed by atoms with Crippen LogP contribution in [0.4, 0.5) is 0 Å². The Morgan fingerprint density at radius 3 is 2.59 bits per heavy atom. The molecule has 0 fully saturated rings. The Bertz CT molecular complexity index is 551. The highest BCUT2D eigenvalue weighted by molar-refractivity contribution is 9.10. The molecule has 1 heterocycles. The number of Topliss-reactive ketones (excluding diaryl/α,β-unsaturated/α-hetero) is 1. The molecule has 0 N–H and O–H groups in total. The second-order valence-electron chi connectivity index (χ2n) is 3.88. The molecular weight excluding hydrogens is 278 g/mol. The van der Waals surface area contributed by atoms with Crippen molar-refractivity contribution in [3.63, 3.8) is 0 Å². The number of aromatic nitrogens is 1. The van der Waals surface area contributed by atoms with Crippen LogP contribution in [0.1, 0.15) is 16.1 Å². The van der Waals surface area contributed by atoms with Gasteiger partial charge >= 0.3 is 0 Å². The van der Waals surface area contributed by atoms with Gasteiger partial charge in [-0.25, -0.2) is 4.57 Å². The van der Waals surface area contributed by atoms with Crippen LogP contribution < -0.4 is 4.57 Å². The number of rotatable bonds is 3. The third kappa shape index (κ3) is 2.80. The van der Waals surface area contributed by atoms with Gasteiger partial charge in [0.1, 0.15) is 7.05 Å². The van der Waals surface area contributed by atoms with Crippen molar-refractivity contribution < 1.29 is 9.36 Å². The molecule has 17 heavy (non-hydrogen) atoms. The maximum atomic E-state index is 12.1. The molecule has 2 rings (SSSR count). The lowest BCUT2D eigenvalue weighted by Gasteiger charge is -2.02. The molecule has 86 valence electrons. The molecule has 0 aliphatic carbocycles. The summed E-state index contributed by atoms with van der Waals surface area (Å²) in [5, 5.41) is 0. The van der Waals surface area contributed by atoms with E-state index in [0.29, 0.717) is 6.42 Å². The van der Waals surface area contributed by atoms with Crippen molar-refractivity contribution in [2.45, 2.75) is 6.42 Å². The van der Waals surface area contributed by atoms with E-state index in [9.17, 15) is 4.79 Å². The molecule has 1 aromatic carbocycles. The molecule has 0 atom stereocenters. The average molecular weight is 291 g/mol.